The minimum absolute atomic E-state index is 0.598. The maximum absolute atomic E-state index is 5.73. The summed E-state index contributed by atoms with van der Waals surface area (Å²) < 4.78 is 5.49. The fraction of sp³-hybridized carbons (Fsp3) is 0.273. The first-order chi connectivity index (χ1) is 6.25. The van der Waals surface area contributed by atoms with Gasteiger partial charge in [0.05, 0.1) is 0 Å². The molecule has 0 spiro atoms. The third kappa shape index (κ3) is 2.51. The van der Waals surface area contributed by atoms with Gasteiger partial charge in [-0.05, 0) is 26.0 Å². The molecule has 0 aliphatic carbocycles. The molecule has 0 saturated carbocycles. The number of anilines is 1. The zero-order valence-electron chi connectivity index (χ0n) is 8.08. The first-order valence-electron chi connectivity index (χ1n) is 4.34. The molecule has 0 fully saturated rings. The summed E-state index contributed by atoms with van der Waals surface area (Å²) in [6.45, 7) is 4.52. The highest BCUT2D eigenvalue weighted by Crippen LogP contribution is 2.22. The largest absolute Gasteiger partial charge is 0.489 e. The SMILES string of the molecule is C/C=C/COc1cccc(N)c1C. The van der Waals surface area contributed by atoms with Crippen LogP contribution < -0.4 is 10.5 Å². The van der Waals surface area contributed by atoms with Crippen molar-refractivity contribution in [1.29, 1.82) is 0 Å². The van der Waals surface area contributed by atoms with E-state index in [1.165, 1.54) is 0 Å². The molecule has 0 heterocycles. The predicted octanol–water partition coefficient (Wildman–Crippen LogP) is 2.53. The molecule has 0 aliphatic heterocycles. The van der Waals surface area contributed by atoms with Gasteiger partial charge in [-0.3, -0.25) is 0 Å². The number of allylic oxidation sites excluding steroid dienone is 1. The van der Waals surface area contributed by atoms with Crippen LogP contribution in [0, 0.1) is 6.92 Å². The van der Waals surface area contributed by atoms with Crippen molar-refractivity contribution in [1.82, 2.24) is 0 Å². The van der Waals surface area contributed by atoms with Crippen LogP contribution in [-0.4, -0.2) is 6.61 Å². The van der Waals surface area contributed by atoms with E-state index >= 15 is 0 Å². The van der Waals surface area contributed by atoms with E-state index in [1.807, 2.05) is 44.2 Å². The van der Waals surface area contributed by atoms with E-state index in [2.05, 4.69) is 0 Å². The van der Waals surface area contributed by atoms with Crippen molar-refractivity contribution in [3.8, 4) is 5.75 Å². The van der Waals surface area contributed by atoms with Gasteiger partial charge in [0.1, 0.15) is 12.4 Å². The highest BCUT2D eigenvalue weighted by Gasteiger charge is 1.99. The lowest BCUT2D eigenvalue weighted by Gasteiger charge is -2.08. The van der Waals surface area contributed by atoms with Crippen molar-refractivity contribution in [2.24, 2.45) is 0 Å². The van der Waals surface area contributed by atoms with Gasteiger partial charge in [0.15, 0.2) is 0 Å². The van der Waals surface area contributed by atoms with Crippen molar-refractivity contribution >= 4 is 5.69 Å². The van der Waals surface area contributed by atoms with Gasteiger partial charge in [-0.2, -0.15) is 0 Å². The van der Waals surface area contributed by atoms with Crippen molar-refractivity contribution in [3.63, 3.8) is 0 Å². The molecule has 0 aromatic heterocycles. The second-order valence-electron chi connectivity index (χ2n) is 2.85. The van der Waals surface area contributed by atoms with Crippen LogP contribution in [0.1, 0.15) is 12.5 Å². The average molecular weight is 177 g/mol. The molecule has 0 radical (unpaired) electrons. The molecule has 0 saturated heterocycles. The maximum atomic E-state index is 5.73. The zero-order chi connectivity index (χ0) is 9.68. The standard InChI is InChI=1S/C11H15NO/c1-3-4-8-13-11-7-5-6-10(12)9(11)2/h3-7H,8,12H2,1-2H3/b4-3+. The van der Waals surface area contributed by atoms with Crippen LogP contribution >= 0.6 is 0 Å². The Morgan fingerprint density at radius 3 is 2.92 bits per heavy atom. The summed E-state index contributed by atoms with van der Waals surface area (Å²) in [4.78, 5) is 0. The predicted molar refractivity (Wildman–Crippen MR) is 55.9 cm³/mol. The molecule has 0 amide bonds. The summed E-state index contributed by atoms with van der Waals surface area (Å²) in [7, 11) is 0. The monoisotopic (exact) mass is 177 g/mol. The van der Waals surface area contributed by atoms with Crippen molar-refractivity contribution in [3.05, 3.63) is 35.9 Å². The first-order valence-corrected chi connectivity index (χ1v) is 4.34. The number of rotatable bonds is 3. The van der Waals surface area contributed by atoms with Crippen LogP contribution in [-0.2, 0) is 0 Å². The summed E-state index contributed by atoms with van der Waals surface area (Å²) in [5.41, 5.74) is 7.51. The van der Waals surface area contributed by atoms with Gasteiger partial charge < -0.3 is 10.5 Å². The molecule has 2 heteroatoms. The lowest BCUT2D eigenvalue weighted by Crippen LogP contribution is -1.97. The molecule has 13 heavy (non-hydrogen) atoms. The minimum Gasteiger partial charge on any atom is -0.489 e. The molecule has 0 bridgehead atoms. The Kier molecular flexibility index (Phi) is 3.38. The quantitative estimate of drug-likeness (QED) is 0.568. The number of ether oxygens (including phenoxy) is 1. The number of nitrogens with two attached hydrogens (primary N) is 1. The Balaban J connectivity index is 2.71. The van der Waals surface area contributed by atoms with Crippen LogP contribution in [0.4, 0.5) is 5.69 Å². The van der Waals surface area contributed by atoms with E-state index < -0.39 is 0 Å². The van der Waals surface area contributed by atoms with Crippen molar-refractivity contribution in [2.45, 2.75) is 13.8 Å². The van der Waals surface area contributed by atoms with Gasteiger partial charge in [-0.1, -0.05) is 18.2 Å². The van der Waals surface area contributed by atoms with Crippen molar-refractivity contribution in [2.75, 3.05) is 12.3 Å². The van der Waals surface area contributed by atoms with Crippen LogP contribution in [0.15, 0.2) is 30.4 Å². The molecule has 1 rings (SSSR count). The van der Waals surface area contributed by atoms with Gasteiger partial charge in [0.2, 0.25) is 0 Å². The topological polar surface area (TPSA) is 35.2 Å². The second-order valence-corrected chi connectivity index (χ2v) is 2.85. The molecular formula is C11H15NO. The summed E-state index contributed by atoms with van der Waals surface area (Å²) in [6, 6.07) is 5.69. The number of benzene rings is 1. The second kappa shape index (κ2) is 4.55. The minimum atomic E-state index is 0.598. The lowest BCUT2D eigenvalue weighted by molar-refractivity contribution is 0.360. The molecule has 1 aromatic rings. The van der Waals surface area contributed by atoms with Crippen LogP contribution in [0.5, 0.6) is 5.75 Å². The maximum Gasteiger partial charge on any atom is 0.124 e. The molecule has 70 valence electrons. The van der Waals surface area contributed by atoms with Gasteiger partial charge in [-0.15, -0.1) is 0 Å². The molecule has 0 unspecified atom stereocenters. The molecule has 2 nitrogen and oxygen atoms in total. The molecular weight excluding hydrogens is 162 g/mol. The van der Waals surface area contributed by atoms with Gasteiger partial charge in [0, 0.05) is 11.3 Å². The Morgan fingerprint density at radius 2 is 2.23 bits per heavy atom. The van der Waals surface area contributed by atoms with E-state index in [-0.39, 0.29) is 0 Å². The lowest BCUT2D eigenvalue weighted by atomic mass is 10.2. The third-order valence-corrected chi connectivity index (χ3v) is 1.90. The number of hydrogen-bond donors (Lipinski definition) is 1. The zero-order valence-corrected chi connectivity index (χ0v) is 8.08. The summed E-state index contributed by atoms with van der Waals surface area (Å²) in [5, 5.41) is 0. The molecule has 0 atom stereocenters. The fourth-order valence-electron chi connectivity index (χ4n) is 1.02. The van der Waals surface area contributed by atoms with Crippen LogP contribution in [0.25, 0.3) is 0 Å². The normalized spacial score (nSPS) is 10.6. The Hall–Kier alpha value is -1.44. The summed E-state index contributed by atoms with van der Waals surface area (Å²) in [5.74, 6) is 0.859. The first kappa shape index (κ1) is 9.65. The summed E-state index contributed by atoms with van der Waals surface area (Å²) >= 11 is 0. The van der Waals surface area contributed by atoms with Crippen LogP contribution in [0.3, 0.4) is 0 Å². The summed E-state index contributed by atoms with van der Waals surface area (Å²) in [6.07, 6.45) is 3.92. The fourth-order valence-corrected chi connectivity index (χ4v) is 1.02. The molecule has 2 N–H and O–H groups in total. The van der Waals surface area contributed by atoms with E-state index in [0.29, 0.717) is 6.61 Å². The third-order valence-electron chi connectivity index (χ3n) is 1.90. The highest BCUT2D eigenvalue weighted by molar-refractivity contribution is 5.53. The smallest absolute Gasteiger partial charge is 0.124 e. The van der Waals surface area contributed by atoms with Gasteiger partial charge in [-0.25, -0.2) is 0 Å². The molecule has 0 aliphatic rings. The Labute approximate surface area is 79.0 Å². The van der Waals surface area contributed by atoms with Crippen LogP contribution in [0.2, 0.25) is 0 Å². The number of hydrogen-bond acceptors (Lipinski definition) is 2. The van der Waals surface area contributed by atoms with E-state index in [1.54, 1.807) is 0 Å². The average Bonchev–Trinajstić information content (AvgIpc) is 2.13. The van der Waals surface area contributed by atoms with Crippen molar-refractivity contribution < 1.29 is 4.74 Å². The van der Waals surface area contributed by atoms with E-state index in [0.717, 1.165) is 17.0 Å². The number of nitrogen functional groups attached to an aromatic ring is 1. The Morgan fingerprint density at radius 1 is 1.46 bits per heavy atom. The van der Waals surface area contributed by atoms with Gasteiger partial charge in [0.25, 0.3) is 0 Å². The Bertz CT molecular complexity index is 305. The highest BCUT2D eigenvalue weighted by atomic mass is 16.5. The van der Waals surface area contributed by atoms with E-state index in [4.69, 9.17) is 10.5 Å². The molecule has 1 aromatic carbocycles. The van der Waals surface area contributed by atoms with Gasteiger partial charge >= 0.3 is 0 Å². The van der Waals surface area contributed by atoms with E-state index in [9.17, 15) is 0 Å².